The first-order valence-electron chi connectivity index (χ1n) is 4.29. The molecule has 0 N–H and O–H groups in total. The molecule has 0 saturated carbocycles. The fourth-order valence-electron chi connectivity index (χ4n) is 1.55. The third-order valence-electron chi connectivity index (χ3n) is 2.32. The van der Waals surface area contributed by atoms with Crippen LogP contribution < -0.4 is 0 Å². The molecule has 0 aromatic rings. The van der Waals surface area contributed by atoms with Crippen LogP contribution in [0.15, 0.2) is 59.8 Å². The first-order valence-corrected chi connectivity index (χ1v) is 4.29. The largest absolute Gasteiger partial charge is 0.0912 e. The van der Waals surface area contributed by atoms with E-state index in [4.69, 9.17) is 0 Å². The summed E-state index contributed by atoms with van der Waals surface area (Å²) in [6, 6.07) is 0. The fourth-order valence-corrected chi connectivity index (χ4v) is 1.55. The van der Waals surface area contributed by atoms with Crippen molar-refractivity contribution in [2.75, 3.05) is 0 Å². The third-order valence-corrected chi connectivity index (χ3v) is 2.32. The molecule has 0 heterocycles. The van der Waals surface area contributed by atoms with Crippen LogP contribution in [0.5, 0.6) is 0 Å². The van der Waals surface area contributed by atoms with Crippen LogP contribution in [0.3, 0.4) is 0 Å². The Bertz CT molecular complexity index is 290. The fraction of sp³-hybridized carbons (Fsp3) is 0.167. The van der Waals surface area contributed by atoms with Crippen LogP contribution in [-0.4, -0.2) is 0 Å². The van der Waals surface area contributed by atoms with E-state index in [9.17, 15) is 0 Å². The highest BCUT2D eigenvalue weighted by Gasteiger charge is 2.09. The van der Waals surface area contributed by atoms with E-state index in [1.807, 2.05) is 0 Å². The molecule has 0 nitrogen and oxygen atoms in total. The zero-order chi connectivity index (χ0) is 8.39. The second kappa shape index (κ2) is 2.98. The Balaban J connectivity index is 2.11. The lowest BCUT2D eigenvalue weighted by Crippen LogP contribution is -1.88. The summed E-state index contributed by atoms with van der Waals surface area (Å²) in [7, 11) is 0. The van der Waals surface area contributed by atoms with Gasteiger partial charge in [0.05, 0.1) is 0 Å². The standard InChI is InChI=1S/C12H12/c1-10(11-6-2-3-7-11)12-8-4-5-9-12/h2-6,8H,1,7,9H2. The van der Waals surface area contributed by atoms with Gasteiger partial charge in [0.15, 0.2) is 0 Å². The van der Waals surface area contributed by atoms with Crippen molar-refractivity contribution >= 4 is 0 Å². The number of hydrogen-bond donors (Lipinski definition) is 0. The third kappa shape index (κ3) is 1.20. The molecular formula is C12H12. The Morgan fingerprint density at radius 1 is 1.00 bits per heavy atom. The van der Waals surface area contributed by atoms with Crippen molar-refractivity contribution < 1.29 is 0 Å². The van der Waals surface area contributed by atoms with Gasteiger partial charge in [0, 0.05) is 0 Å². The van der Waals surface area contributed by atoms with E-state index in [2.05, 4.69) is 43.0 Å². The Morgan fingerprint density at radius 2 is 1.50 bits per heavy atom. The Labute approximate surface area is 73.3 Å². The summed E-state index contributed by atoms with van der Waals surface area (Å²) in [5.74, 6) is 0. The summed E-state index contributed by atoms with van der Waals surface area (Å²) in [5, 5.41) is 0. The first-order chi connectivity index (χ1) is 5.88. The highest BCUT2D eigenvalue weighted by molar-refractivity contribution is 5.52. The Kier molecular flexibility index (Phi) is 1.83. The van der Waals surface area contributed by atoms with E-state index >= 15 is 0 Å². The quantitative estimate of drug-likeness (QED) is 0.575. The SMILES string of the molecule is C=C(C1=CC=CC1)C1=CC=CC1. The molecule has 0 spiro atoms. The maximum atomic E-state index is 4.10. The van der Waals surface area contributed by atoms with Gasteiger partial charge in [0.2, 0.25) is 0 Å². The van der Waals surface area contributed by atoms with Gasteiger partial charge in [-0.2, -0.15) is 0 Å². The van der Waals surface area contributed by atoms with Crippen LogP contribution in [-0.2, 0) is 0 Å². The average Bonchev–Trinajstić information content (AvgIpc) is 2.77. The van der Waals surface area contributed by atoms with Gasteiger partial charge in [-0.25, -0.2) is 0 Å². The molecule has 0 aromatic heterocycles. The lowest BCUT2D eigenvalue weighted by atomic mass is 9.98. The normalized spacial score (nSPS) is 19.7. The van der Waals surface area contributed by atoms with E-state index in [-0.39, 0.29) is 0 Å². The highest BCUT2D eigenvalue weighted by atomic mass is 14.1. The van der Waals surface area contributed by atoms with Crippen molar-refractivity contribution in [1.29, 1.82) is 0 Å². The smallest absolute Gasteiger partial charge is 0.00885 e. The van der Waals surface area contributed by atoms with Gasteiger partial charge in [0.1, 0.15) is 0 Å². The molecule has 12 heavy (non-hydrogen) atoms. The van der Waals surface area contributed by atoms with Gasteiger partial charge in [0.25, 0.3) is 0 Å². The summed E-state index contributed by atoms with van der Waals surface area (Å²) >= 11 is 0. The van der Waals surface area contributed by atoms with Gasteiger partial charge in [-0.05, 0) is 29.6 Å². The van der Waals surface area contributed by atoms with Crippen molar-refractivity contribution in [3.05, 3.63) is 59.8 Å². The molecule has 0 bridgehead atoms. The molecule has 0 radical (unpaired) electrons. The molecule has 0 unspecified atom stereocenters. The minimum Gasteiger partial charge on any atom is -0.0912 e. The van der Waals surface area contributed by atoms with Crippen molar-refractivity contribution in [2.24, 2.45) is 0 Å². The number of hydrogen-bond acceptors (Lipinski definition) is 0. The van der Waals surface area contributed by atoms with Gasteiger partial charge in [-0.1, -0.05) is 43.0 Å². The van der Waals surface area contributed by atoms with Crippen LogP contribution in [0.1, 0.15) is 12.8 Å². The summed E-state index contributed by atoms with van der Waals surface area (Å²) in [4.78, 5) is 0. The van der Waals surface area contributed by atoms with E-state index < -0.39 is 0 Å². The van der Waals surface area contributed by atoms with Crippen LogP contribution in [0, 0.1) is 0 Å². The summed E-state index contributed by atoms with van der Waals surface area (Å²) in [6.07, 6.45) is 15.0. The van der Waals surface area contributed by atoms with E-state index in [0.717, 1.165) is 12.8 Å². The molecule has 2 rings (SSSR count). The van der Waals surface area contributed by atoms with E-state index in [1.54, 1.807) is 0 Å². The lowest BCUT2D eigenvalue weighted by Gasteiger charge is -2.06. The monoisotopic (exact) mass is 156 g/mol. The predicted octanol–water partition coefficient (Wildman–Crippen LogP) is 3.32. The highest BCUT2D eigenvalue weighted by Crippen LogP contribution is 2.28. The average molecular weight is 156 g/mol. The van der Waals surface area contributed by atoms with Crippen LogP contribution in [0.25, 0.3) is 0 Å². The second-order valence-corrected chi connectivity index (χ2v) is 3.13. The Morgan fingerprint density at radius 3 is 1.83 bits per heavy atom. The summed E-state index contributed by atoms with van der Waals surface area (Å²) in [5.41, 5.74) is 3.94. The molecule has 0 heteroatoms. The van der Waals surface area contributed by atoms with Crippen molar-refractivity contribution in [1.82, 2.24) is 0 Å². The Hall–Kier alpha value is -1.30. The minimum absolute atomic E-state index is 1.05. The lowest BCUT2D eigenvalue weighted by molar-refractivity contribution is 1.20. The van der Waals surface area contributed by atoms with E-state index in [0.29, 0.717) is 0 Å². The molecular weight excluding hydrogens is 144 g/mol. The second-order valence-electron chi connectivity index (χ2n) is 3.13. The van der Waals surface area contributed by atoms with Gasteiger partial charge >= 0.3 is 0 Å². The van der Waals surface area contributed by atoms with Crippen LogP contribution in [0.4, 0.5) is 0 Å². The van der Waals surface area contributed by atoms with Crippen molar-refractivity contribution in [2.45, 2.75) is 12.8 Å². The van der Waals surface area contributed by atoms with Crippen LogP contribution in [0.2, 0.25) is 0 Å². The maximum Gasteiger partial charge on any atom is -0.00885 e. The summed E-state index contributed by atoms with van der Waals surface area (Å²) in [6.45, 7) is 4.10. The molecule has 0 saturated heterocycles. The first kappa shape index (κ1) is 7.35. The molecule has 0 amide bonds. The van der Waals surface area contributed by atoms with Crippen molar-refractivity contribution in [3.8, 4) is 0 Å². The zero-order valence-corrected chi connectivity index (χ0v) is 7.09. The molecule has 0 fully saturated rings. The van der Waals surface area contributed by atoms with E-state index in [1.165, 1.54) is 16.7 Å². The predicted molar refractivity (Wildman–Crippen MR) is 52.8 cm³/mol. The maximum absolute atomic E-state index is 4.10. The van der Waals surface area contributed by atoms with Crippen LogP contribution >= 0.6 is 0 Å². The number of allylic oxidation sites excluding steroid dienone is 9. The zero-order valence-electron chi connectivity index (χ0n) is 7.09. The molecule has 0 aromatic carbocycles. The molecule has 2 aliphatic rings. The topological polar surface area (TPSA) is 0 Å². The van der Waals surface area contributed by atoms with Gasteiger partial charge in [-0.3, -0.25) is 0 Å². The molecule has 60 valence electrons. The molecule has 2 aliphatic carbocycles. The molecule has 0 atom stereocenters. The van der Waals surface area contributed by atoms with Gasteiger partial charge < -0.3 is 0 Å². The van der Waals surface area contributed by atoms with Gasteiger partial charge in [-0.15, -0.1) is 0 Å². The minimum atomic E-state index is 1.05. The van der Waals surface area contributed by atoms with Crippen molar-refractivity contribution in [3.63, 3.8) is 0 Å². The number of rotatable bonds is 2. The molecule has 0 aliphatic heterocycles. The summed E-state index contributed by atoms with van der Waals surface area (Å²) < 4.78 is 0.